The van der Waals surface area contributed by atoms with Crippen LogP contribution in [-0.2, 0) is 10.2 Å². The fraction of sp³-hybridized carbons (Fsp3) is 0.0857. The molecule has 194 valence electrons. The maximum absolute atomic E-state index is 8.30. The summed E-state index contributed by atoms with van der Waals surface area (Å²) in [5.74, 6) is 2.64. The van der Waals surface area contributed by atoms with Gasteiger partial charge in [-0.3, -0.25) is 10.8 Å². The second-order valence-electron chi connectivity index (χ2n) is 10.6. The first-order valence-corrected chi connectivity index (χ1v) is 13.2. The SMILES string of the molecule is CC1(C)c2ccccc2-c2cc3c(cc21)Oc1ccc(-c2ccc(C(=N)OC(=N)c4ccccc4)cc2)cc1O3. The van der Waals surface area contributed by atoms with E-state index in [2.05, 4.69) is 50.2 Å². The van der Waals surface area contributed by atoms with Crippen LogP contribution in [0.5, 0.6) is 23.0 Å². The summed E-state index contributed by atoms with van der Waals surface area (Å²) in [6.45, 7) is 4.50. The van der Waals surface area contributed by atoms with Crippen molar-refractivity contribution in [1.29, 1.82) is 10.8 Å². The van der Waals surface area contributed by atoms with E-state index in [1.165, 1.54) is 22.3 Å². The lowest BCUT2D eigenvalue weighted by atomic mass is 9.82. The maximum atomic E-state index is 8.30. The Hall–Kier alpha value is -5.16. The highest BCUT2D eigenvalue weighted by Gasteiger charge is 2.37. The highest BCUT2D eigenvalue weighted by atomic mass is 16.6. The number of rotatable bonds is 3. The van der Waals surface area contributed by atoms with Gasteiger partial charge < -0.3 is 14.2 Å². The van der Waals surface area contributed by atoms with E-state index in [1.54, 1.807) is 12.1 Å². The summed E-state index contributed by atoms with van der Waals surface area (Å²) in [5.41, 5.74) is 8.02. The van der Waals surface area contributed by atoms with Gasteiger partial charge in [0.05, 0.1) is 0 Å². The topological polar surface area (TPSA) is 75.4 Å². The van der Waals surface area contributed by atoms with E-state index >= 15 is 0 Å². The Labute approximate surface area is 232 Å². The highest BCUT2D eigenvalue weighted by molar-refractivity contribution is 6.04. The Balaban J connectivity index is 1.13. The van der Waals surface area contributed by atoms with E-state index in [9.17, 15) is 0 Å². The van der Waals surface area contributed by atoms with Gasteiger partial charge in [0, 0.05) is 16.5 Å². The number of ether oxygens (including phenoxy) is 3. The summed E-state index contributed by atoms with van der Waals surface area (Å²) in [6.07, 6.45) is 0. The Morgan fingerprint density at radius 1 is 0.550 bits per heavy atom. The Kier molecular flexibility index (Phi) is 5.35. The van der Waals surface area contributed by atoms with Crippen LogP contribution in [0.2, 0.25) is 0 Å². The van der Waals surface area contributed by atoms with Crippen LogP contribution < -0.4 is 9.47 Å². The molecule has 0 atom stereocenters. The van der Waals surface area contributed by atoms with Crippen LogP contribution in [0.15, 0.2) is 109 Å². The molecule has 1 aliphatic heterocycles. The van der Waals surface area contributed by atoms with Gasteiger partial charge in [0.25, 0.3) is 0 Å². The lowest BCUT2D eigenvalue weighted by molar-refractivity contribution is 0.359. The molecular weight excluding hydrogens is 496 g/mol. The minimum Gasteiger partial charge on any atom is -0.450 e. The molecular formula is C35H26N2O3. The quantitative estimate of drug-likeness (QED) is 0.180. The molecule has 7 rings (SSSR count). The van der Waals surface area contributed by atoms with Gasteiger partial charge >= 0.3 is 0 Å². The summed E-state index contributed by atoms with van der Waals surface area (Å²) in [5, 5.41) is 16.4. The van der Waals surface area contributed by atoms with E-state index in [4.69, 9.17) is 25.0 Å². The summed E-state index contributed by atoms with van der Waals surface area (Å²) in [4.78, 5) is 0. The molecule has 0 bridgehead atoms. The molecule has 5 heteroatoms. The lowest BCUT2D eigenvalue weighted by Crippen LogP contribution is -2.15. The molecule has 0 amide bonds. The van der Waals surface area contributed by atoms with Crippen LogP contribution in [0.1, 0.15) is 36.1 Å². The van der Waals surface area contributed by atoms with Gasteiger partial charge in [0.2, 0.25) is 11.8 Å². The van der Waals surface area contributed by atoms with Crippen LogP contribution in [0.3, 0.4) is 0 Å². The van der Waals surface area contributed by atoms with Gasteiger partial charge in [-0.1, -0.05) is 74.5 Å². The average molecular weight is 523 g/mol. The first-order chi connectivity index (χ1) is 19.4. The van der Waals surface area contributed by atoms with Gasteiger partial charge in [-0.2, -0.15) is 0 Å². The second-order valence-corrected chi connectivity index (χ2v) is 10.6. The first-order valence-electron chi connectivity index (χ1n) is 13.2. The summed E-state index contributed by atoms with van der Waals surface area (Å²) in [7, 11) is 0. The molecule has 1 heterocycles. The molecule has 5 nitrogen and oxygen atoms in total. The molecule has 2 aliphatic rings. The molecule has 40 heavy (non-hydrogen) atoms. The van der Waals surface area contributed by atoms with Crippen molar-refractivity contribution in [2.24, 2.45) is 0 Å². The molecule has 5 aromatic carbocycles. The fourth-order valence-electron chi connectivity index (χ4n) is 5.58. The van der Waals surface area contributed by atoms with E-state index in [0.717, 1.165) is 16.9 Å². The largest absolute Gasteiger partial charge is 0.450 e. The zero-order valence-electron chi connectivity index (χ0n) is 22.1. The Morgan fingerprint density at radius 3 is 1.93 bits per heavy atom. The number of hydrogen-bond donors (Lipinski definition) is 2. The van der Waals surface area contributed by atoms with E-state index in [1.807, 2.05) is 60.7 Å². The molecule has 2 N–H and O–H groups in total. The molecule has 0 spiro atoms. The molecule has 0 unspecified atom stereocenters. The Bertz CT molecular complexity index is 1820. The van der Waals surface area contributed by atoms with Crippen molar-refractivity contribution in [1.82, 2.24) is 0 Å². The second kappa shape index (κ2) is 8.95. The summed E-state index contributed by atoms with van der Waals surface area (Å²) in [6, 6.07) is 35.3. The molecule has 5 aromatic rings. The van der Waals surface area contributed by atoms with Crippen molar-refractivity contribution in [2.75, 3.05) is 0 Å². The smallest absolute Gasteiger partial charge is 0.221 e. The van der Waals surface area contributed by atoms with Gasteiger partial charge in [-0.15, -0.1) is 0 Å². The minimum absolute atomic E-state index is 0.0560. The Morgan fingerprint density at radius 2 is 1.15 bits per heavy atom. The van der Waals surface area contributed by atoms with Gasteiger partial charge in [0.15, 0.2) is 23.0 Å². The zero-order valence-corrected chi connectivity index (χ0v) is 22.1. The zero-order chi connectivity index (χ0) is 27.4. The molecule has 0 fully saturated rings. The third-order valence-electron chi connectivity index (χ3n) is 7.75. The van der Waals surface area contributed by atoms with Crippen LogP contribution in [0.25, 0.3) is 22.3 Å². The normalized spacial score (nSPS) is 13.6. The first kappa shape index (κ1) is 23.9. The van der Waals surface area contributed by atoms with Crippen LogP contribution in [0, 0.1) is 10.8 Å². The third-order valence-corrected chi connectivity index (χ3v) is 7.75. The van der Waals surface area contributed by atoms with Gasteiger partial charge in [0.1, 0.15) is 0 Å². The predicted molar refractivity (Wildman–Crippen MR) is 157 cm³/mol. The van der Waals surface area contributed by atoms with E-state index in [0.29, 0.717) is 28.4 Å². The van der Waals surface area contributed by atoms with Crippen LogP contribution >= 0.6 is 0 Å². The number of hydrogen-bond acceptors (Lipinski definition) is 5. The molecule has 0 saturated carbocycles. The van der Waals surface area contributed by atoms with Crippen molar-refractivity contribution < 1.29 is 14.2 Å². The summed E-state index contributed by atoms with van der Waals surface area (Å²) < 4.78 is 18.2. The molecule has 1 aliphatic carbocycles. The van der Waals surface area contributed by atoms with Crippen molar-refractivity contribution in [3.05, 3.63) is 131 Å². The van der Waals surface area contributed by atoms with Gasteiger partial charge in [-0.05, 0) is 81.9 Å². The van der Waals surface area contributed by atoms with Crippen molar-refractivity contribution in [2.45, 2.75) is 19.3 Å². The summed E-state index contributed by atoms with van der Waals surface area (Å²) >= 11 is 0. The van der Waals surface area contributed by atoms with Gasteiger partial charge in [-0.25, -0.2) is 0 Å². The molecule has 0 aromatic heterocycles. The molecule has 0 radical (unpaired) electrons. The fourth-order valence-corrected chi connectivity index (χ4v) is 5.58. The third kappa shape index (κ3) is 3.86. The average Bonchev–Trinajstić information content (AvgIpc) is 3.21. The van der Waals surface area contributed by atoms with Crippen LogP contribution in [0.4, 0.5) is 0 Å². The standard InChI is InChI=1S/C35H26N2O3/c1-35(2)27-11-7-6-10-25(27)26-19-31-32(20-28(26)35)38-29-17-16-24(18-30(29)39-31)21-12-14-23(15-13-21)34(37)40-33(36)22-8-4-3-5-9-22/h3-20,36-37H,1-2H3. The van der Waals surface area contributed by atoms with E-state index < -0.39 is 0 Å². The highest BCUT2D eigenvalue weighted by Crippen LogP contribution is 2.55. The van der Waals surface area contributed by atoms with Crippen molar-refractivity contribution >= 4 is 11.8 Å². The van der Waals surface area contributed by atoms with E-state index in [-0.39, 0.29) is 17.2 Å². The molecule has 0 saturated heterocycles. The minimum atomic E-state index is -0.107. The van der Waals surface area contributed by atoms with Crippen molar-refractivity contribution in [3.8, 4) is 45.3 Å². The monoisotopic (exact) mass is 522 g/mol. The maximum Gasteiger partial charge on any atom is 0.221 e. The number of benzene rings is 5. The predicted octanol–water partition coefficient (Wildman–Crippen LogP) is 8.93. The van der Waals surface area contributed by atoms with Crippen LogP contribution in [-0.4, -0.2) is 11.8 Å². The van der Waals surface area contributed by atoms with Crippen molar-refractivity contribution in [3.63, 3.8) is 0 Å². The number of fused-ring (bicyclic) bond motifs is 5. The lowest BCUT2D eigenvalue weighted by Gasteiger charge is -2.25. The number of nitrogens with one attached hydrogen (secondary N) is 2.